The van der Waals surface area contributed by atoms with Crippen molar-refractivity contribution in [3.8, 4) is 0 Å². The van der Waals surface area contributed by atoms with E-state index in [-0.39, 0.29) is 21.2 Å². The van der Waals surface area contributed by atoms with Gasteiger partial charge in [0.25, 0.3) is 15.9 Å². The van der Waals surface area contributed by atoms with Crippen molar-refractivity contribution in [3.63, 3.8) is 0 Å². The largest absolute Gasteiger partial charge is 0.322 e. The minimum absolute atomic E-state index is 0.134. The molecule has 4 aromatic carbocycles. The molecule has 0 bridgehead atoms. The van der Waals surface area contributed by atoms with Gasteiger partial charge in [-0.2, -0.15) is 0 Å². The van der Waals surface area contributed by atoms with Gasteiger partial charge in [0.15, 0.2) is 0 Å². The zero-order valence-corrected chi connectivity index (χ0v) is 22.2. The lowest BCUT2D eigenvalue weighted by Gasteiger charge is -2.13. The van der Waals surface area contributed by atoms with Crippen molar-refractivity contribution in [3.05, 3.63) is 118 Å². The molecule has 2 N–H and O–H groups in total. The molecule has 4 aromatic rings. The highest BCUT2D eigenvalue weighted by molar-refractivity contribution is 7.98. The van der Waals surface area contributed by atoms with Crippen LogP contribution in [0.1, 0.15) is 27.0 Å². The molecule has 0 aliphatic carbocycles. The van der Waals surface area contributed by atoms with Crippen molar-refractivity contribution in [2.24, 2.45) is 0 Å². The number of nitrogens with one attached hydrogen (secondary N) is 2. The third kappa shape index (κ3) is 6.49. The summed E-state index contributed by atoms with van der Waals surface area (Å²) in [7, 11) is -3.81. The number of benzene rings is 4. The Bertz CT molecular complexity index is 1490. The molecule has 0 aliphatic heterocycles. The number of hydrogen-bond donors (Lipinski definition) is 2. The van der Waals surface area contributed by atoms with Crippen molar-refractivity contribution in [2.75, 3.05) is 10.0 Å². The standard InChI is InChI=1S/C28H25ClN2O3S2/c1-19-8-12-24(13-9-19)36(33,34)31-22-11-14-26(29)25(17-22)28(32)30-27-15-10-21(16-20(27)2)18-35-23-6-4-3-5-7-23/h3-17,31H,18H2,1-2H3,(H,30,32). The SMILES string of the molecule is Cc1ccc(S(=O)(=O)Nc2ccc(Cl)c(C(=O)Nc3ccc(CSc4ccccc4)cc3C)c2)cc1. The van der Waals surface area contributed by atoms with Gasteiger partial charge in [0.05, 0.1) is 15.5 Å². The minimum atomic E-state index is -3.81. The second-order valence-corrected chi connectivity index (χ2v) is 11.5. The Morgan fingerprint density at radius 3 is 2.31 bits per heavy atom. The summed E-state index contributed by atoms with van der Waals surface area (Å²) in [4.78, 5) is 14.4. The van der Waals surface area contributed by atoms with Crippen LogP contribution in [0.25, 0.3) is 0 Å². The molecule has 0 unspecified atom stereocenters. The molecule has 0 atom stereocenters. The average Bonchev–Trinajstić information content (AvgIpc) is 2.86. The number of rotatable bonds is 8. The van der Waals surface area contributed by atoms with Gasteiger partial charge in [0.2, 0.25) is 0 Å². The second-order valence-electron chi connectivity index (χ2n) is 8.32. The van der Waals surface area contributed by atoms with Crippen LogP contribution in [-0.2, 0) is 15.8 Å². The molecule has 0 radical (unpaired) electrons. The molecule has 0 saturated carbocycles. The maximum Gasteiger partial charge on any atom is 0.261 e. The summed E-state index contributed by atoms with van der Waals surface area (Å²) in [5.41, 5.74) is 4.10. The fourth-order valence-electron chi connectivity index (χ4n) is 3.52. The van der Waals surface area contributed by atoms with Gasteiger partial charge < -0.3 is 5.32 Å². The highest BCUT2D eigenvalue weighted by Gasteiger charge is 2.17. The van der Waals surface area contributed by atoms with Crippen LogP contribution in [0.5, 0.6) is 0 Å². The monoisotopic (exact) mass is 536 g/mol. The van der Waals surface area contributed by atoms with Gasteiger partial charge in [0.1, 0.15) is 0 Å². The number of thioether (sulfide) groups is 1. The number of hydrogen-bond acceptors (Lipinski definition) is 4. The Morgan fingerprint density at radius 1 is 0.889 bits per heavy atom. The van der Waals surface area contributed by atoms with E-state index in [1.54, 1.807) is 23.9 Å². The molecule has 184 valence electrons. The van der Waals surface area contributed by atoms with Gasteiger partial charge in [-0.05, 0) is 73.5 Å². The first kappa shape index (κ1) is 25.8. The summed E-state index contributed by atoms with van der Waals surface area (Å²) in [5.74, 6) is 0.388. The van der Waals surface area contributed by atoms with Gasteiger partial charge in [-0.1, -0.05) is 59.6 Å². The number of aryl methyl sites for hydroxylation is 2. The molecule has 0 saturated heterocycles. The van der Waals surface area contributed by atoms with Gasteiger partial charge in [-0.3, -0.25) is 9.52 Å². The molecular weight excluding hydrogens is 512 g/mol. The molecule has 1 amide bonds. The lowest BCUT2D eigenvalue weighted by atomic mass is 10.1. The van der Waals surface area contributed by atoms with Crippen LogP contribution in [0, 0.1) is 13.8 Å². The fourth-order valence-corrected chi connectivity index (χ4v) is 5.64. The smallest absolute Gasteiger partial charge is 0.261 e. The number of halogens is 1. The van der Waals surface area contributed by atoms with Crippen molar-refractivity contribution < 1.29 is 13.2 Å². The van der Waals surface area contributed by atoms with E-state index in [0.717, 1.165) is 22.4 Å². The third-order valence-electron chi connectivity index (χ3n) is 5.48. The Kier molecular flexibility index (Phi) is 8.04. The fraction of sp³-hybridized carbons (Fsp3) is 0.107. The zero-order chi connectivity index (χ0) is 25.7. The highest BCUT2D eigenvalue weighted by Crippen LogP contribution is 2.27. The van der Waals surface area contributed by atoms with Crippen LogP contribution in [0.15, 0.2) is 101 Å². The van der Waals surface area contributed by atoms with Crippen LogP contribution < -0.4 is 10.0 Å². The van der Waals surface area contributed by atoms with Gasteiger partial charge in [-0.15, -0.1) is 11.8 Å². The van der Waals surface area contributed by atoms with E-state index in [2.05, 4.69) is 22.2 Å². The summed E-state index contributed by atoms with van der Waals surface area (Å²) in [5, 5.41) is 3.11. The van der Waals surface area contributed by atoms with Gasteiger partial charge in [-0.25, -0.2) is 8.42 Å². The minimum Gasteiger partial charge on any atom is -0.322 e. The van der Waals surface area contributed by atoms with Crippen LogP contribution >= 0.6 is 23.4 Å². The van der Waals surface area contributed by atoms with Gasteiger partial charge in [0, 0.05) is 22.0 Å². The normalized spacial score (nSPS) is 11.2. The van der Waals surface area contributed by atoms with E-state index >= 15 is 0 Å². The van der Waals surface area contributed by atoms with Crippen LogP contribution in [0.2, 0.25) is 5.02 Å². The van der Waals surface area contributed by atoms with Crippen LogP contribution in [0.4, 0.5) is 11.4 Å². The number of carbonyl (C=O) groups excluding carboxylic acids is 1. The molecule has 8 heteroatoms. The molecular formula is C28H25ClN2O3S2. The van der Waals surface area contributed by atoms with E-state index in [9.17, 15) is 13.2 Å². The zero-order valence-electron chi connectivity index (χ0n) is 19.8. The lowest BCUT2D eigenvalue weighted by molar-refractivity contribution is 0.102. The van der Waals surface area contributed by atoms with E-state index in [1.165, 1.54) is 35.2 Å². The number of anilines is 2. The summed E-state index contributed by atoms with van der Waals surface area (Å²) in [6.07, 6.45) is 0. The topological polar surface area (TPSA) is 75.3 Å². The van der Waals surface area contributed by atoms with E-state index in [0.29, 0.717) is 5.69 Å². The Balaban J connectivity index is 1.46. The van der Waals surface area contributed by atoms with E-state index in [1.807, 2.05) is 50.2 Å². The average molecular weight is 537 g/mol. The molecule has 4 rings (SSSR count). The van der Waals surface area contributed by atoms with E-state index < -0.39 is 15.9 Å². The van der Waals surface area contributed by atoms with Crippen molar-refractivity contribution in [2.45, 2.75) is 29.4 Å². The molecule has 0 spiro atoms. The van der Waals surface area contributed by atoms with E-state index in [4.69, 9.17) is 11.6 Å². The summed E-state index contributed by atoms with van der Waals surface area (Å²) in [6.45, 7) is 3.81. The maximum absolute atomic E-state index is 13.0. The first-order chi connectivity index (χ1) is 17.2. The molecule has 0 heterocycles. The third-order valence-corrected chi connectivity index (χ3v) is 8.29. The quantitative estimate of drug-likeness (QED) is 0.232. The molecule has 36 heavy (non-hydrogen) atoms. The maximum atomic E-state index is 13.0. The molecule has 0 fully saturated rings. The molecule has 5 nitrogen and oxygen atoms in total. The Labute approximate surface area is 221 Å². The summed E-state index contributed by atoms with van der Waals surface area (Å²) >= 11 is 8.03. The second kappa shape index (κ2) is 11.2. The number of amides is 1. The predicted molar refractivity (Wildman–Crippen MR) is 149 cm³/mol. The highest BCUT2D eigenvalue weighted by atomic mass is 35.5. The predicted octanol–water partition coefficient (Wildman–Crippen LogP) is 7.30. The van der Waals surface area contributed by atoms with Crippen molar-refractivity contribution >= 4 is 50.7 Å². The number of sulfonamides is 1. The van der Waals surface area contributed by atoms with Gasteiger partial charge >= 0.3 is 0 Å². The first-order valence-electron chi connectivity index (χ1n) is 11.2. The van der Waals surface area contributed by atoms with Crippen molar-refractivity contribution in [1.29, 1.82) is 0 Å². The Hall–Kier alpha value is -3.26. The summed E-state index contributed by atoms with van der Waals surface area (Å²) in [6, 6.07) is 27.0. The van der Waals surface area contributed by atoms with Crippen LogP contribution in [-0.4, -0.2) is 14.3 Å². The number of carbonyl (C=O) groups is 1. The first-order valence-corrected chi connectivity index (χ1v) is 14.0. The summed E-state index contributed by atoms with van der Waals surface area (Å²) < 4.78 is 28.0. The Morgan fingerprint density at radius 2 is 1.61 bits per heavy atom. The molecule has 0 aliphatic rings. The van der Waals surface area contributed by atoms with Crippen LogP contribution in [0.3, 0.4) is 0 Å². The van der Waals surface area contributed by atoms with Crippen molar-refractivity contribution in [1.82, 2.24) is 0 Å². The lowest BCUT2D eigenvalue weighted by Crippen LogP contribution is -2.16. The molecule has 0 aromatic heterocycles.